The molecule has 0 saturated heterocycles. The molecule has 4 N–H and O–H groups in total. The minimum absolute atomic E-state index is 0.186. The van der Waals surface area contributed by atoms with Crippen molar-refractivity contribution in [3.8, 4) is 0 Å². The zero-order chi connectivity index (χ0) is 20.4. The first-order chi connectivity index (χ1) is 12.1. The van der Waals surface area contributed by atoms with E-state index in [4.69, 9.17) is 0 Å². The summed E-state index contributed by atoms with van der Waals surface area (Å²) in [4.78, 5) is 47.3. The molecular formula is C18H30O8. The van der Waals surface area contributed by atoms with Gasteiger partial charge in [-0.25, -0.2) is 0 Å². The van der Waals surface area contributed by atoms with E-state index in [2.05, 4.69) is 0 Å². The number of unbranched alkanes of at least 4 members (excludes halogenated alkanes) is 4. The summed E-state index contributed by atoms with van der Waals surface area (Å²) in [7, 11) is 0. The summed E-state index contributed by atoms with van der Waals surface area (Å²) in [5.74, 6) is -6.02. The van der Waals surface area contributed by atoms with Crippen LogP contribution < -0.4 is 0 Å². The van der Waals surface area contributed by atoms with Crippen molar-refractivity contribution in [3.63, 3.8) is 0 Å². The van der Waals surface area contributed by atoms with Crippen molar-refractivity contribution in [1.29, 1.82) is 0 Å². The Hall–Kier alpha value is -2.12. The summed E-state index contributed by atoms with van der Waals surface area (Å²) in [5.41, 5.74) is -4.35. The molecule has 0 aromatic rings. The molecule has 0 spiro atoms. The first kappa shape index (κ1) is 23.9. The quantitative estimate of drug-likeness (QED) is 0.319. The zero-order valence-corrected chi connectivity index (χ0v) is 15.5. The van der Waals surface area contributed by atoms with Gasteiger partial charge in [-0.15, -0.1) is 0 Å². The van der Waals surface area contributed by atoms with Crippen molar-refractivity contribution in [3.05, 3.63) is 0 Å². The molecule has 0 radical (unpaired) electrons. The molecule has 2 atom stereocenters. The maximum Gasteiger partial charge on any atom is 0.311 e. The molecule has 2 unspecified atom stereocenters. The normalized spacial score (nSPS) is 15.6. The molecule has 0 aromatic carbocycles. The molecular weight excluding hydrogens is 344 g/mol. The minimum Gasteiger partial charge on any atom is -0.481 e. The third-order valence-corrected chi connectivity index (χ3v) is 5.06. The van der Waals surface area contributed by atoms with Gasteiger partial charge in [-0.3, -0.25) is 19.2 Å². The molecule has 8 heteroatoms. The highest BCUT2D eigenvalue weighted by atomic mass is 16.4. The third kappa shape index (κ3) is 5.71. The van der Waals surface area contributed by atoms with Gasteiger partial charge in [-0.2, -0.15) is 0 Å². The molecule has 0 fully saturated rings. The van der Waals surface area contributed by atoms with Crippen LogP contribution in [0.25, 0.3) is 0 Å². The van der Waals surface area contributed by atoms with Gasteiger partial charge in [0, 0.05) is 0 Å². The largest absolute Gasteiger partial charge is 0.481 e. The molecule has 0 aromatic heterocycles. The van der Waals surface area contributed by atoms with Crippen molar-refractivity contribution in [2.75, 3.05) is 0 Å². The average molecular weight is 374 g/mol. The van der Waals surface area contributed by atoms with Crippen LogP contribution in [0.15, 0.2) is 0 Å². The van der Waals surface area contributed by atoms with Crippen LogP contribution in [0.5, 0.6) is 0 Å². The van der Waals surface area contributed by atoms with Gasteiger partial charge in [0.1, 0.15) is 0 Å². The number of carbonyl (C=O) groups is 4. The lowest BCUT2D eigenvalue weighted by Gasteiger charge is -2.44. The highest BCUT2D eigenvalue weighted by molar-refractivity contribution is 5.92. The molecule has 0 bridgehead atoms. The van der Waals surface area contributed by atoms with Gasteiger partial charge in [0.2, 0.25) is 0 Å². The maximum atomic E-state index is 12.2. The second-order valence-electron chi connectivity index (χ2n) is 6.83. The Morgan fingerprint density at radius 1 is 0.615 bits per heavy atom. The van der Waals surface area contributed by atoms with Crippen molar-refractivity contribution in [2.45, 2.75) is 78.1 Å². The summed E-state index contributed by atoms with van der Waals surface area (Å²) in [6.45, 7) is 3.76. The lowest BCUT2D eigenvalue weighted by atomic mass is 9.55. The van der Waals surface area contributed by atoms with E-state index < -0.39 is 47.5 Å². The number of aliphatic carboxylic acids is 4. The van der Waals surface area contributed by atoms with Crippen LogP contribution in [0, 0.1) is 10.8 Å². The van der Waals surface area contributed by atoms with Crippen LogP contribution >= 0.6 is 0 Å². The van der Waals surface area contributed by atoms with Gasteiger partial charge in [0.15, 0.2) is 0 Å². The second kappa shape index (κ2) is 10.8. The summed E-state index contributed by atoms with van der Waals surface area (Å²) < 4.78 is 0. The van der Waals surface area contributed by atoms with E-state index >= 15 is 0 Å². The number of hydrogen-bond donors (Lipinski definition) is 4. The molecule has 8 nitrogen and oxygen atoms in total. The van der Waals surface area contributed by atoms with E-state index in [1.54, 1.807) is 0 Å². The van der Waals surface area contributed by atoms with E-state index in [1.807, 2.05) is 13.8 Å². The maximum absolute atomic E-state index is 12.2. The van der Waals surface area contributed by atoms with Crippen LogP contribution in [0.3, 0.4) is 0 Å². The lowest BCUT2D eigenvalue weighted by molar-refractivity contribution is -0.184. The Bertz CT molecular complexity index is 469. The van der Waals surface area contributed by atoms with Crippen LogP contribution in [0.1, 0.15) is 78.1 Å². The first-order valence-corrected chi connectivity index (χ1v) is 9.00. The van der Waals surface area contributed by atoms with Crippen molar-refractivity contribution < 1.29 is 39.6 Å². The van der Waals surface area contributed by atoms with E-state index in [0.29, 0.717) is 25.7 Å². The SMILES string of the molecule is CCCCCC(CC(=O)O)(C(=O)O)C(CCCCC)(CC(=O)O)C(=O)O. The topological polar surface area (TPSA) is 149 Å². The number of carboxylic acid groups (broad SMARTS) is 4. The minimum atomic E-state index is -2.17. The fourth-order valence-corrected chi connectivity index (χ4v) is 3.64. The Labute approximate surface area is 153 Å². The molecule has 0 rings (SSSR count). The van der Waals surface area contributed by atoms with Crippen molar-refractivity contribution >= 4 is 23.9 Å². The monoisotopic (exact) mass is 374 g/mol. The molecule has 150 valence electrons. The summed E-state index contributed by atoms with van der Waals surface area (Å²) in [5, 5.41) is 38.4. The smallest absolute Gasteiger partial charge is 0.311 e. The van der Waals surface area contributed by atoms with Crippen LogP contribution in [0.4, 0.5) is 0 Å². The van der Waals surface area contributed by atoms with E-state index in [0.717, 1.165) is 12.8 Å². The highest BCUT2D eigenvalue weighted by Gasteiger charge is 2.62. The van der Waals surface area contributed by atoms with E-state index in [1.165, 1.54) is 0 Å². The molecule has 0 saturated carbocycles. The van der Waals surface area contributed by atoms with Gasteiger partial charge < -0.3 is 20.4 Å². The standard InChI is InChI=1S/C18H30O8/c1-3-5-7-9-17(15(23)24,11-13(19)20)18(16(25)26,12-14(21)22)10-8-6-4-2/h3-12H2,1-2H3,(H,19,20)(H,21,22)(H,23,24)(H,25,26). The number of rotatable bonds is 15. The fraction of sp³-hybridized carbons (Fsp3) is 0.778. The molecule has 0 aliphatic carbocycles. The Balaban J connectivity index is 6.38. The number of hydrogen-bond acceptors (Lipinski definition) is 4. The average Bonchev–Trinajstić information content (AvgIpc) is 2.51. The van der Waals surface area contributed by atoms with Crippen molar-refractivity contribution in [1.82, 2.24) is 0 Å². The molecule has 0 aliphatic heterocycles. The van der Waals surface area contributed by atoms with Crippen LogP contribution in [-0.4, -0.2) is 44.3 Å². The lowest BCUT2D eigenvalue weighted by Crippen LogP contribution is -2.55. The summed E-state index contributed by atoms with van der Waals surface area (Å²) in [6, 6.07) is 0. The first-order valence-electron chi connectivity index (χ1n) is 9.00. The fourth-order valence-electron chi connectivity index (χ4n) is 3.64. The Morgan fingerprint density at radius 3 is 1.12 bits per heavy atom. The molecule has 26 heavy (non-hydrogen) atoms. The van der Waals surface area contributed by atoms with Crippen molar-refractivity contribution in [2.24, 2.45) is 10.8 Å². The van der Waals surface area contributed by atoms with Crippen LogP contribution in [0.2, 0.25) is 0 Å². The molecule has 0 aliphatic rings. The third-order valence-electron chi connectivity index (χ3n) is 5.06. The van der Waals surface area contributed by atoms with E-state index in [9.17, 15) is 39.6 Å². The van der Waals surface area contributed by atoms with Gasteiger partial charge in [-0.1, -0.05) is 52.4 Å². The summed E-state index contributed by atoms with van der Waals surface area (Å²) in [6.07, 6.45) is 1.10. The van der Waals surface area contributed by atoms with Gasteiger partial charge >= 0.3 is 23.9 Å². The molecule has 0 amide bonds. The zero-order valence-electron chi connectivity index (χ0n) is 15.5. The van der Waals surface area contributed by atoms with Gasteiger partial charge in [0.05, 0.1) is 23.7 Å². The predicted molar refractivity (Wildman–Crippen MR) is 92.9 cm³/mol. The highest BCUT2D eigenvalue weighted by Crippen LogP contribution is 2.52. The van der Waals surface area contributed by atoms with E-state index in [-0.39, 0.29) is 12.8 Å². The molecule has 0 heterocycles. The Morgan fingerprint density at radius 2 is 0.923 bits per heavy atom. The predicted octanol–water partition coefficient (Wildman–Crippen LogP) is 3.24. The Kier molecular flexibility index (Phi) is 9.90. The van der Waals surface area contributed by atoms with Gasteiger partial charge in [-0.05, 0) is 12.8 Å². The summed E-state index contributed by atoms with van der Waals surface area (Å²) >= 11 is 0. The van der Waals surface area contributed by atoms with Gasteiger partial charge in [0.25, 0.3) is 0 Å². The van der Waals surface area contributed by atoms with Crippen LogP contribution in [-0.2, 0) is 19.2 Å². The number of carboxylic acids is 4. The second-order valence-corrected chi connectivity index (χ2v) is 6.83.